The Morgan fingerprint density at radius 3 is 2.76 bits per heavy atom. The number of nitrogens with zero attached hydrogens (tertiary/aromatic N) is 3. The average molecular weight is 285 g/mol. The minimum absolute atomic E-state index is 0.0292. The lowest BCUT2D eigenvalue weighted by atomic mass is 9.85. The van der Waals surface area contributed by atoms with E-state index in [4.69, 9.17) is 10.00 Å². The van der Waals surface area contributed by atoms with Gasteiger partial charge in [0.2, 0.25) is 0 Å². The molecule has 1 amide bonds. The van der Waals surface area contributed by atoms with Gasteiger partial charge in [0, 0.05) is 32.5 Å². The Bertz CT molecular complexity index is 544. The highest BCUT2D eigenvalue weighted by Crippen LogP contribution is 2.31. The van der Waals surface area contributed by atoms with Crippen molar-refractivity contribution in [3.8, 4) is 6.07 Å². The predicted octanol–water partition coefficient (Wildman–Crippen LogP) is 1.84. The lowest BCUT2D eigenvalue weighted by Gasteiger charge is -2.27. The number of aromatic nitrogens is 1. The maximum absolute atomic E-state index is 12.5. The van der Waals surface area contributed by atoms with E-state index >= 15 is 0 Å². The number of pyridine rings is 1. The standard InChI is InChI=1S/C16H19N3O2/c17-9-15-2-1-13(10-18-15)16(20)19-6-3-14(11-19)12-4-7-21-8-5-12/h1-2,10,12,14H,3-8,11H2. The SMILES string of the molecule is N#Cc1ccc(C(=O)N2CCC(C3CCOCC3)C2)cn1. The van der Waals surface area contributed by atoms with Crippen LogP contribution in [0.25, 0.3) is 0 Å². The Hall–Kier alpha value is -1.93. The predicted molar refractivity (Wildman–Crippen MR) is 76.5 cm³/mol. The molecule has 3 rings (SSSR count). The number of nitriles is 1. The van der Waals surface area contributed by atoms with Gasteiger partial charge in [-0.2, -0.15) is 5.26 Å². The molecule has 2 aliphatic rings. The van der Waals surface area contributed by atoms with Crippen LogP contribution < -0.4 is 0 Å². The van der Waals surface area contributed by atoms with Crippen molar-refractivity contribution in [1.82, 2.24) is 9.88 Å². The van der Waals surface area contributed by atoms with Crippen molar-refractivity contribution in [2.24, 2.45) is 11.8 Å². The van der Waals surface area contributed by atoms with Crippen LogP contribution in [0.4, 0.5) is 0 Å². The Morgan fingerprint density at radius 1 is 1.29 bits per heavy atom. The Kier molecular flexibility index (Phi) is 4.16. The van der Waals surface area contributed by atoms with E-state index in [0.717, 1.165) is 45.6 Å². The third-order valence-electron chi connectivity index (χ3n) is 4.57. The lowest BCUT2D eigenvalue weighted by Crippen LogP contribution is -2.31. The topological polar surface area (TPSA) is 66.2 Å². The highest BCUT2D eigenvalue weighted by atomic mass is 16.5. The molecule has 5 nitrogen and oxygen atoms in total. The molecule has 0 radical (unpaired) electrons. The van der Waals surface area contributed by atoms with Crippen LogP contribution in [0.3, 0.4) is 0 Å². The van der Waals surface area contributed by atoms with Crippen molar-refractivity contribution in [3.05, 3.63) is 29.6 Å². The highest BCUT2D eigenvalue weighted by molar-refractivity contribution is 5.94. The summed E-state index contributed by atoms with van der Waals surface area (Å²) in [6.07, 6.45) is 4.82. The maximum atomic E-state index is 12.5. The molecular weight excluding hydrogens is 266 g/mol. The van der Waals surface area contributed by atoms with Gasteiger partial charge in [-0.3, -0.25) is 4.79 Å². The number of carbonyl (C=O) groups excluding carboxylic acids is 1. The lowest BCUT2D eigenvalue weighted by molar-refractivity contribution is 0.0471. The van der Waals surface area contributed by atoms with Gasteiger partial charge in [-0.15, -0.1) is 0 Å². The molecule has 0 spiro atoms. The first kappa shape index (κ1) is 14.0. The van der Waals surface area contributed by atoms with Crippen molar-refractivity contribution in [1.29, 1.82) is 5.26 Å². The number of hydrogen-bond donors (Lipinski definition) is 0. The molecule has 1 aromatic rings. The molecule has 0 bridgehead atoms. The summed E-state index contributed by atoms with van der Waals surface area (Å²) < 4.78 is 5.41. The third kappa shape index (κ3) is 3.06. The minimum Gasteiger partial charge on any atom is -0.381 e. The quantitative estimate of drug-likeness (QED) is 0.831. The van der Waals surface area contributed by atoms with Crippen molar-refractivity contribution in [2.75, 3.05) is 26.3 Å². The molecule has 2 aliphatic heterocycles. The summed E-state index contributed by atoms with van der Waals surface area (Å²) in [5.74, 6) is 1.32. The van der Waals surface area contributed by atoms with Gasteiger partial charge in [0.25, 0.3) is 5.91 Å². The van der Waals surface area contributed by atoms with Gasteiger partial charge in [0.05, 0.1) is 5.56 Å². The van der Waals surface area contributed by atoms with E-state index in [1.54, 1.807) is 12.1 Å². The van der Waals surface area contributed by atoms with Crippen LogP contribution in [0.5, 0.6) is 0 Å². The fraction of sp³-hybridized carbons (Fsp3) is 0.562. The van der Waals surface area contributed by atoms with E-state index in [1.165, 1.54) is 6.20 Å². The number of likely N-dealkylation sites (tertiary alicyclic amines) is 1. The van der Waals surface area contributed by atoms with Crippen LogP contribution in [0.2, 0.25) is 0 Å². The molecule has 0 N–H and O–H groups in total. The van der Waals surface area contributed by atoms with E-state index in [2.05, 4.69) is 4.98 Å². The van der Waals surface area contributed by atoms with Crippen LogP contribution in [-0.4, -0.2) is 42.1 Å². The zero-order valence-corrected chi connectivity index (χ0v) is 12.0. The highest BCUT2D eigenvalue weighted by Gasteiger charge is 2.33. The largest absolute Gasteiger partial charge is 0.381 e. The molecule has 2 fully saturated rings. The zero-order chi connectivity index (χ0) is 14.7. The van der Waals surface area contributed by atoms with Crippen LogP contribution >= 0.6 is 0 Å². The van der Waals surface area contributed by atoms with Gasteiger partial charge in [0.1, 0.15) is 11.8 Å². The molecule has 0 saturated carbocycles. The normalized spacial score (nSPS) is 23.0. The van der Waals surface area contributed by atoms with Crippen molar-refractivity contribution >= 4 is 5.91 Å². The number of hydrogen-bond acceptors (Lipinski definition) is 4. The maximum Gasteiger partial charge on any atom is 0.255 e. The second-order valence-electron chi connectivity index (χ2n) is 5.79. The van der Waals surface area contributed by atoms with Gasteiger partial charge < -0.3 is 9.64 Å². The Labute approximate surface area is 124 Å². The van der Waals surface area contributed by atoms with Crippen LogP contribution in [0.1, 0.15) is 35.3 Å². The molecule has 21 heavy (non-hydrogen) atoms. The molecule has 3 heterocycles. The fourth-order valence-electron chi connectivity index (χ4n) is 3.31. The molecule has 1 atom stereocenters. The first-order chi connectivity index (χ1) is 10.3. The van der Waals surface area contributed by atoms with Crippen LogP contribution in [0.15, 0.2) is 18.3 Å². The van der Waals surface area contributed by atoms with E-state index < -0.39 is 0 Å². The molecule has 2 saturated heterocycles. The fourth-order valence-corrected chi connectivity index (χ4v) is 3.31. The Balaban J connectivity index is 1.62. The van der Waals surface area contributed by atoms with Crippen LogP contribution in [0, 0.1) is 23.2 Å². The number of carbonyl (C=O) groups is 1. The summed E-state index contributed by atoms with van der Waals surface area (Å²) in [5.41, 5.74) is 0.912. The molecule has 5 heteroatoms. The summed E-state index contributed by atoms with van der Waals surface area (Å²) in [4.78, 5) is 18.3. The van der Waals surface area contributed by atoms with Crippen molar-refractivity contribution in [3.63, 3.8) is 0 Å². The van der Waals surface area contributed by atoms with Crippen molar-refractivity contribution in [2.45, 2.75) is 19.3 Å². The monoisotopic (exact) mass is 285 g/mol. The molecular formula is C16H19N3O2. The van der Waals surface area contributed by atoms with Gasteiger partial charge in [0.15, 0.2) is 0 Å². The zero-order valence-electron chi connectivity index (χ0n) is 12.0. The van der Waals surface area contributed by atoms with E-state index in [9.17, 15) is 4.79 Å². The molecule has 0 aromatic carbocycles. The van der Waals surface area contributed by atoms with E-state index in [1.807, 2.05) is 11.0 Å². The summed E-state index contributed by atoms with van der Waals surface area (Å²) in [6.45, 7) is 3.37. The second-order valence-corrected chi connectivity index (χ2v) is 5.79. The van der Waals surface area contributed by atoms with Gasteiger partial charge in [-0.05, 0) is 43.2 Å². The molecule has 0 aliphatic carbocycles. The van der Waals surface area contributed by atoms with Gasteiger partial charge in [-0.1, -0.05) is 0 Å². The van der Waals surface area contributed by atoms with Crippen LogP contribution in [-0.2, 0) is 4.74 Å². The van der Waals surface area contributed by atoms with Gasteiger partial charge >= 0.3 is 0 Å². The smallest absolute Gasteiger partial charge is 0.255 e. The first-order valence-corrected chi connectivity index (χ1v) is 7.51. The number of rotatable bonds is 2. The molecule has 1 aromatic heterocycles. The molecule has 110 valence electrons. The summed E-state index contributed by atoms with van der Waals surface area (Å²) in [7, 11) is 0. The summed E-state index contributed by atoms with van der Waals surface area (Å²) >= 11 is 0. The minimum atomic E-state index is 0.0292. The second kappa shape index (κ2) is 6.23. The summed E-state index contributed by atoms with van der Waals surface area (Å²) in [6, 6.07) is 5.25. The van der Waals surface area contributed by atoms with E-state index in [-0.39, 0.29) is 5.91 Å². The third-order valence-corrected chi connectivity index (χ3v) is 4.57. The Morgan fingerprint density at radius 2 is 2.10 bits per heavy atom. The van der Waals surface area contributed by atoms with E-state index in [0.29, 0.717) is 23.1 Å². The number of ether oxygens (including phenoxy) is 1. The summed E-state index contributed by atoms with van der Waals surface area (Å²) in [5, 5.41) is 8.74. The van der Waals surface area contributed by atoms with Gasteiger partial charge in [-0.25, -0.2) is 4.98 Å². The first-order valence-electron chi connectivity index (χ1n) is 7.51. The number of amides is 1. The van der Waals surface area contributed by atoms with Crippen molar-refractivity contribution < 1.29 is 9.53 Å². The average Bonchev–Trinajstić information content (AvgIpc) is 3.05. The molecule has 1 unspecified atom stereocenters.